The van der Waals surface area contributed by atoms with Crippen molar-refractivity contribution in [3.63, 3.8) is 0 Å². The molecule has 1 fully saturated rings. The van der Waals surface area contributed by atoms with E-state index in [1.54, 1.807) is 11.0 Å². The molecule has 102 valence electrons. The zero-order valence-electron chi connectivity index (χ0n) is 10.6. The van der Waals surface area contributed by atoms with Crippen LogP contribution in [0.15, 0.2) is 12.1 Å². The highest BCUT2D eigenvalue weighted by Crippen LogP contribution is 2.36. The van der Waals surface area contributed by atoms with Crippen LogP contribution >= 0.6 is 35.0 Å². The van der Waals surface area contributed by atoms with E-state index in [-0.39, 0.29) is 16.3 Å². The van der Waals surface area contributed by atoms with Crippen molar-refractivity contribution in [2.45, 2.75) is 25.5 Å². The van der Waals surface area contributed by atoms with Gasteiger partial charge in [0.15, 0.2) is 5.12 Å². The number of hydrogen-bond donors (Lipinski definition) is 0. The van der Waals surface area contributed by atoms with E-state index in [1.807, 2.05) is 13.0 Å². The highest BCUT2D eigenvalue weighted by molar-refractivity contribution is 8.14. The monoisotopic (exact) mass is 317 g/mol. The van der Waals surface area contributed by atoms with E-state index < -0.39 is 0 Å². The largest absolute Gasteiger partial charge is 0.310 e. The number of aryl methyl sites for hydroxylation is 1. The zero-order chi connectivity index (χ0) is 14.2. The van der Waals surface area contributed by atoms with E-state index in [1.165, 1.54) is 18.7 Å². The van der Waals surface area contributed by atoms with Crippen molar-refractivity contribution in [1.82, 2.24) is 0 Å². The minimum Gasteiger partial charge on any atom is -0.310 e. The Morgan fingerprint density at radius 3 is 2.68 bits per heavy atom. The van der Waals surface area contributed by atoms with Gasteiger partial charge in [0.25, 0.3) is 0 Å². The third-order valence-electron chi connectivity index (χ3n) is 2.94. The van der Waals surface area contributed by atoms with Crippen LogP contribution in [-0.2, 0) is 9.59 Å². The highest BCUT2D eigenvalue weighted by Gasteiger charge is 2.33. The van der Waals surface area contributed by atoms with Gasteiger partial charge in [0.1, 0.15) is 0 Å². The molecular weight excluding hydrogens is 305 g/mol. The van der Waals surface area contributed by atoms with Gasteiger partial charge in [0, 0.05) is 30.2 Å². The van der Waals surface area contributed by atoms with Crippen molar-refractivity contribution in [3.8, 4) is 0 Å². The lowest BCUT2D eigenvalue weighted by Crippen LogP contribution is -2.25. The fourth-order valence-corrected chi connectivity index (χ4v) is 3.47. The lowest BCUT2D eigenvalue weighted by atomic mass is 10.2. The number of halogens is 2. The Kier molecular flexibility index (Phi) is 4.43. The maximum absolute atomic E-state index is 12.0. The van der Waals surface area contributed by atoms with Crippen LogP contribution in [0.2, 0.25) is 10.0 Å². The van der Waals surface area contributed by atoms with Gasteiger partial charge in [-0.1, -0.05) is 35.0 Å². The summed E-state index contributed by atoms with van der Waals surface area (Å²) in [6.07, 6.45) is 0.363. The molecule has 1 unspecified atom stereocenters. The van der Waals surface area contributed by atoms with E-state index in [4.69, 9.17) is 23.2 Å². The summed E-state index contributed by atoms with van der Waals surface area (Å²) in [5, 5.41) is 1.06. The quantitative estimate of drug-likeness (QED) is 0.834. The molecule has 1 aliphatic heterocycles. The van der Waals surface area contributed by atoms with Gasteiger partial charge >= 0.3 is 0 Å². The van der Waals surface area contributed by atoms with Crippen LogP contribution in [0.1, 0.15) is 18.9 Å². The molecule has 6 heteroatoms. The molecule has 0 aromatic heterocycles. The van der Waals surface area contributed by atoms with Gasteiger partial charge in [-0.2, -0.15) is 0 Å². The number of hydrogen-bond acceptors (Lipinski definition) is 3. The van der Waals surface area contributed by atoms with Crippen molar-refractivity contribution < 1.29 is 9.59 Å². The Morgan fingerprint density at radius 2 is 2.05 bits per heavy atom. The molecule has 19 heavy (non-hydrogen) atoms. The van der Waals surface area contributed by atoms with Crippen LogP contribution in [0.5, 0.6) is 0 Å². The lowest BCUT2D eigenvalue weighted by molar-refractivity contribution is -0.117. The van der Waals surface area contributed by atoms with E-state index in [9.17, 15) is 9.59 Å². The molecule has 1 amide bonds. The first-order valence-corrected chi connectivity index (χ1v) is 7.45. The smallest absolute Gasteiger partial charge is 0.228 e. The van der Waals surface area contributed by atoms with Crippen LogP contribution in [-0.4, -0.2) is 22.8 Å². The van der Waals surface area contributed by atoms with E-state index in [0.29, 0.717) is 28.7 Å². The zero-order valence-corrected chi connectivity index (χ0v) is 12.9. The molecule has 1 atom stereocenters. The number of anilines is 1. The van der Waals surface area contributed by atoms with Crippen LogP contribution < -0.4 is 4.90 Å². The minimum absolute atomic E-state index is 0.00273. The Balaban J connectivity index is 2.25. The second-order valence-electron chi connectivity index (χ2n) is 4.49. The summed E-state index contributed by atoms with van der Waals surface area (Å²) in [4.78, 5) is 24.8. The van der Waals surface area contributed by atoms with Gasteiger partial charge in [-0.15, -0.1) is 0 Å². The summed E-state index contributed by atoms with van der Waals surface area (Å²) in [5.41, 5.74) is 1.54. The van der Waals surface area contributed by atoms with Crippen LogP contribution in [0.25, 0.3) is 0 Å². The lowest BCUT2D eigenvalue weighted by Gasteiger charge is -2.19. The molecule has 1 aliphatic rings. The first-order chi connectivity index (χ1) is 8.88. The third kappa shape index (κ3) is 3.25. The molecule has 1 aromatic rings. The molecule has 0 saturated carbocycles. The first kappa shape index (κ1) is 14.7. The fraction of sp³-hybridized carbons (Fsp3) is 0.385. The Bertz CT molecular complexity index is 548. The molecule has 0 bridgehead atoms. The molecule has 0 aliphatic carbocycles. The van der Waals surface area contributed by atoms with Crippen molar-refractivity contribution >= 4 is 51.7 Å². The van der Waals surface area contributed by atoms with E-state index in [0.717, 1.165) is 5.56 Å². The topological polar surface area (TPSA) is 37.4 Å². The van der Waals surface area contributed by atoms with Crippen molar-refractivity contribution in [2.24, 2.45) is 0 Å². The fourth-order valence-electron chi connectivity index (χ4n) is 2.07. The molecule has 0 N–H and O–H groups in total. The average molecular weight is 318 g/mol. The highest BCUT2D eigenvalue weighted by atomic mass is 35.5. The number of rotatable bonds is 2. The van der Waals surface area contributed by atoms with Crippen LogP contribution in [0.3, 0.4) is 0 Å². The third-order valence-corrected chi connectivity index (χ3v) is 4.63. The van der Waals surface area contributed by atoms with E-state index >= 15 is 0 Å². The second-order valence-corrected chi connectivity index (χ2v) is 6.78. The summed E-state index contributed by atoms with van der Waals surface area (Å²) in [6.45, 7) is 3.88. The Hall–Kier alpha value is -0.710. The first-order valence-electron chi connectivity index (χ1n) is 5.81. The molecular formula is C13H13Cl2NO2S. The Morgan fingerprint density at radius 1 is 1.37 bits per heavy atom. The predicted molar refractivity (Wildman–Crippen MR) is 80.2 cm³/mol. The summed E-state index contributed by atoms with van der Waals surface area (Å²) >= 11 is 13.3. The molecule has 1 heterocycles. The van der Waals surface area contributed by atoms with Crippen LogP contribution in [0.4, 0.5) is 5.69 Å². The van der Waals surface area contributed by atoms with Crippen molar-refractivity contribution in [2.75, 3.05) is 11.4 Å². The molecule has 3 nitrogen and oxygen atoms in total. The van der Waals surface area contributed by atoms with Crippen molar-refractivity contribution in [3.05, 3.63) is 27.7 Å². The maximum Gasteiger partial charge on any atom is 0.228 e. The molecule has 0 radical (unpaired) electrons. The van der Waals surface area contributed by atoms with Gasteiger partial charge in [-0.05, 0) is 24.6 Å². The number of nitrogens with zero attached hydrogens (tertiary/aromatic N) is 1. The molecule has 1 saturated heterocycles. The maximum atomic E-state index is 12.0. The van der Waals surface area contributed by atoms with Gasteiger partial charge in [0.05, 0.1) is 10.7 Å². The SMILES string of the molecule is CC(=O)SC1CC(=O)N(c2cc(C)c(Cl)cc2Cl)C1. The number of carbonyl (C=O) groups excluding carboxylic acids is 2. The Labute approximate surface area is 126 Å². The number of amides is 1. The molecule has 1 aromatic carbocycles. The van der Waals surface area contributed by atoms with Gasteiger partial charge in [-0.25, -0.2) is 0 Å². The summed E-state index contributed by atoms with van der Waals surface area (Å²) < 4.78 is 0. The van der Waals surface area contributed by atoms with Gasteiger partial charge in [-0.3, -0.25) is 9.59 Å². The molecule has 2 rings (SSSR count). The average Bonchev–Trinajstić information content (AvgIpc) is 2.63. The molecule has 0 spiro atoms. The van der Waals surface area contributed by atoms with E-state index in [2.05, 4.69) is 0 Å². The standard InChI is InChI=1S/C13H13Cl2NO2S/c1-7-3-12(11(15)5-10(7)14)16-6-9(4-13(16)18)19-8(2)17/h3,5,9H,4,6H2,1-2H3. The summed E-state index contributed by atoms with van der Waals surface area (Å²) in [6, 6.07) is 3.45. The number of thioether (sulfide) groups is 1. The number of carbonyl (C=O) groups is 2. The minimum atomic E-state index is -0.0117. The van der Waals surface area contributed by atoms with Gasteiger partial charge < -0.3 is 4.90 Å². The summed E-state index contributed by atoms with van der Waals surface area (Å²) in [5.74, 6) is -0.0117. The second kappa shape index (κ2) is 5.73. The predicted octanol–water partition coefficient (Wildman–Crippen LogP) is 3.69. The van der Waals surface area contributed by atoms with Crippen molar-refractivity contribution in [1.29, 1.82) is 0 Å². The summed E-state index contributed by atoms with van der Waals surface area (Å²) in [7, 11) is 0. The normalized spacial score (nSPS) is 19.1. The number of benzene rings is 1. The van der Waals surface area contributed by atoms with Gasteiger partial charge in [0.2, 0.25) is 5.91 Å². The van der Waals surface area contributed by atoms with Crippen LogP contribution in [0, 0.1) is 6.92 Å².